The van der Waals surface area contributed by atoms with Gasteiger partial charge in [-0.1, -0.05) is 29.8 Å². The van der Waals surface area contributed by atoms with Gasteiger partial charge in [0.05, 0.1) is 0 Å². The molecule has 2 aromatic rings. The van der Waals surface area contributed by atoms with Gasteiger partial charge in [-0.3, -0.25) is 4.79 Å². The molecule has 4 aliphatic carbocycles. The maximum Gasteiger partial charge on any atom is 0.255 e. The van der Waals surface area contributed by atoms with Crippen LogP contribution in [0.5, 0.6) is 0 Å². The molecule has 4 saturated carbocycles. The summed E-state index contributed by atoms with van der Waals surface area (Å²) in [7, 11) is 0. The fourth-order valence-electron chi connectivity index (χ4n) is 6.20. The molecular weight excluding hydrogens is 342 g/mol. The SMILES string of the molecule is O=C(Nc1ccc(C23CC4CC(CC(C4)C2)C3)cc1)c1cccc(Cl)c1. The van der Waals surface area contributed by atoms with Crippen molar-refractivity contribution < 1.29 is 4.79 Å². The van der Waals surface area contributed by atoms with Gasteiger partial charge in [-0.2, -0.15) is 0 Å². The zero-order valence-corrected chi connectivity index (χ0v) is 15.6. The molecule has 6 rings (SSSR count). The normalized spacial score (nSPS) is 31.8. The van der Waals surface area contributed by atoms with Gasteiger partial charge < -0.3 is 5.32 Å². The summed E-state index contributed by atoms with van der Waals surface area (Å²) in [6, 6.07) is 15.7. The molecule has 1 amide bonds. The van der Waals surface area contributed by atoms with E-state index in [-0.39, 0.29) is 5.91 Å². The van der Waals surface area contributed by atoms with Crippen LogP contribution in [-0.2, 0) is 5.41 Å². The average molecular weight is 366 g/mol. The van der Waals surface area contributed by atoms with Crippen molar-refractivity contribution in [3.63, 3.8) is 0 Å². The van der Waals surface area contributed by atoms with Crippen molar-refractivity contribution in [2.75, 3.05) is 5.32 Å². The molecule has 0 heterocycles. The molecule has 2 aromatic carbocycles. The van der Waals surface area contributed by atoms with Gasteiger partial charge in [0.1, 0.15) is 0 Å². The minimum Gasteiger partial charge on any atom is -0.322 e. The van der Waals surface area contributed by atoms with Gasteiger partial charge >= 0.3 is 0 Å². The Labute approximate surface area is 160 Å². The molecule has 1 N–H and O–H groups in total. The molecule has 0 radical (unpaired) electrons. The minimum absolute atomic E-state index is 0.116. The topological polar surface area (TPSA) is 29.1 Å². The predicted molar refractivity (Wildman–Crippen MR) is 106 cm³/mol. The van der Waals surface area contributed by atoms with Gasteiger partial charge in [0.25, 0.3) is 5.91 Å². The summed E-state index contributed by atoms with van der Waals surface area (Å²) < 4.78 is 0. The zero-order chi connectivity index (χ0) is 17.7. The number of nitrogens with one attached hydrogen (secondary N) is 1. The Morgan fingerprint density at radius 2 is 1.54 bits per heavy atom. The maximum atomic E-state index is 12.4. The van der Waals surface area contributed by atoms with Crippen LogP contribution in [0.3, 0.4) is 0 Å². The Morgan fingerprint density at radius 1 is 0.923 bits per heavy atom. The lowest BCUT2D eigenvalue weighted by Crippen LogP contribution is -2.48. The number of hydrogen-bond donors (Lipinski definition) is 1. The van der Waals surface area contributed by atoms with Crippen molar-refractivity contribution in [3.05, 3.63) is 64.7 Å². The first kappa shape index (κ1) is 16.4. The van der Waals surface area contributed by atoms with Crippen molar-refractivity contribution in [1.29, 1.82) is 0 Å². The van der Waals surface area contributed by atoms with E-state index < -0.39 is 0 Å². The Bertz CT molecular complexity index is 806. The van der Waals surface area contributed by atoms with E-state index in [0.717, 1.165) is 23.4 Å². The fourth-order valence-corrected chi connectivity index (χ4v) is 6.39. The third-order valence-electron chi connectivity index (χ3n) is 6.88. The molecule has 4 bridgehead atoms. The standard InChI is InChI=1S/C23H24ClNO/c24-20-3-1-2-18(11-20)22(26)25-21-6-4-19(5-7-21)23-12-15-8-16(13-23)10-17(9-15)14-23/h1-7,11,15-17H,8-10,12-14H2,(H,25,26). The highest BCUT2D eigenvalue weighted by Gasteiger charge is 2.51. The highest BCUT2D eigenvalue weighted by molar-refractivity contribution is 6.31. The molecule has 134 valence electrons. The van der Waals surface area contributed by atoms with Crippen LogP contribution in [-0.4, -0.2) is 5.91 Å². The Hall–Kier alpha value is -1.80. The Morgan fingerprint density at radius 3 is 2.12 bits per heavy atom. The van der Waals surface area contributed by atoms with E-state index in [0.29, 0.717) is 16.0 Å². The van der Waals surface area contributed by atoms with Gasteiger partial charge in [-0.25, -0.2) is 0 Å². The second-order valence-corrected chi connectivity index (χ2v) is 9.18. The summed E-state index contributed by atoms with van der Waals surface area (Å²) in [5, 5.41) is 3.57. The summed E-state index contributed by atoms with van der Waals surface area (Å²) in [5.41, 5.74) is 3.33. The van der Waals surface area contributed by atoms with Crippen LogP contribution in [0.15, 0.2) is 48.5 Å². The number of hydrogen-bond acceptors (Lipinski definition) is 1. The first-order chi connectivity index (χ1) is 12.6. The molecule has 3 heteroatoms. The number of halogens is 1. The second-order valence-electron chi connectivity index (χ2n) is 8.74. The van der Waals surface area contributed by atoms with Crippen LogP contribution in [0, 0.1) is 17.8 Å². The molecule has 0 saturated heterocycles. The van der Waals surface area contributed by atoms with Gasteiger partial charge in [-0.15, -0.1) is 0 Å². The lowest BCUT2D eigenvalue weighted by molar-refractivity contribution is -0.00518. The molecule has 4 aliphatic rings. The maximum absolute atomic E-state index is 12.4. The molecule has 0 atom stereocenters. The second kappa shape index (κ2) is 6.13. The summed E-state index contributed by atoms with van der Waals surface area (Å²) in [4.78, 5) is 12.4. The first-order valence-electron chi connectivity index (χ1n) is 9.77. The third kappa shape index (κ3) is 2.85. The van der Waals surface area contributed by atoms with Crippen LogP contribution >= 0.6 is 11.6 Å². The number of benzene rings is 2. The van der Waals surface area contributed by atoms with E-state index in [1.165, 1.54) is 44.1 Å². The van der Waals surface area contributed by atoms with E-state index in [9.17, 15) is 4.79 Å². The number of carbonyl (C=O) groups is 1. The highest BCUT2D eigenvalue weighted by Crippen LogP contribution is 2.60. The lowest BCUT2D eigenvalue weighted by atomic mass is 9.48. The summed E-state index contributed by atoms with van der Waals surface area (Å²) in [6.45, 7) is 0. The summed E-state index contributed by atoms with van der Waals surface area (Å²) in [5.74, 6) is 2.73. The van der Waals surface area contributed by atoms with Crippen molar-refractivity contribution in [2.24, 2.45) is 17.8 Å². The van der Waals surface area contributed by atoms with Crippen LogP contribution in [0.25, 0.3) is 0 Å². The van der Waals surface area contributed by atoms with Gasteiger partial charge in [-0.05, 0) is 97.6 Å². The molecule has 0 spiro atoms. The molecule has 4 fully saturated rings. The molecule has 26 heavy (non-hydrogen) atoms. The van der Waals surface area contributed by atoms with E-state index >= 15 is 0 Å². The first-order valence-corrected chi connectivity index (χ1v) is 10.1. The van der Waals surface area contributed by atoms with Gasteiger partial charge in [0, 0.05) is 16.3 Å². The van der Waals surface area contributed by atoms with Crippen molar-refractivity contribution in [1.82, 2.24) is 0 Å². The Balaban J connectivity index is 1.34. The molecule has 0 unspecified atom stereocenters. The molecular formula is C23H24ClNO. The summed E-state index contributed by atoms with van der Waals surface area (Å²) >= 11 is 5.98. The number of rotatable bonds is 3. The molecule has 2 nitrogen and oxygen atoms in total. The number of amides is 1. The fraction of sp³-hybridized carbons (Fsp3) is 0.435. The van der Waals surface area contributed by atoms with Gasteiger partial charge in [0.2, 0.25) is 0 Å². The van der Waals surface area contributed by atoms with Crippen molar-refractivity contribution in [3.8, 4) is 0 Å². The van der Waals surface area contributed by atoms with Crippen LogP contribution in [0.4, 0.5) is 5.69 Å². The average Bonchev–Trinajstić information content (AvgIpc) is 2.61. The van der Waals surface area contributed by atoms with E-state index in [2.05, 4.69) is 29.6 Å². The summed E-state index contributed by atoms with van der Waals surface area (Å²) in [6.07, 6.45) is 8.50. The van der Waals surface area contributed by atoms with Crippen LogP contribution < -0.4 is 5.32 Å². The lowest BCUT2D eigenvalue weighted by Gasteiger charge is -2.57. The van der Waals surface area contributed by atoms with Crippen LogP contribution in [0.1, 0.15) is 54.4 Å². The quantitative estimate of drug-likeness (QED) is 0.703. The molecule has 0 aromatic heterocycles. The van der Waals surface area contributed by atoms with Crippen molar-refractivity contribution >= 4 is 23.2 Å². The zero-order valence-electron chi connectivity index (χ0n) is 14.9. The van der Waals surface area contributed by atoms with E-state index in [4.69, 9.17) is 11.6 Å². The van der Waals surface area contributed by atoms with E-state index in [1.807, 2.05) is 0 Å². The smallest absolute Gasteiger partial charge is 0.255 e. The number of anilines is 1. The molecule has 0 aliphatic heterocycles. The number of carbonyl (C=O) groups excluding carboxylic acids is 1. The van der Waals surface area contributed by atoms with Crippen molar-refractivity contribution in [2.45, 2.75) is 43.9 Å². The third-order valence-corrected chi connectivity index (χ3v) is 7.12. The predicted octanol–water partition coefficient (Wildman–Crippen LogP) is 6.06. The minimum atomic E-state index is -0.116. The van der Waals surface area contributed by atoms with Crippen LogP contribution in [0.2, 0.25) is 5.02 Å². The van der Waals surface area contributed by atoms with E-state index in [1.54, 1.807) is 24.3 Å². The highest BCUT2D eigenvalue weighted by atomic mass is 35.5. The van der Waals surface area contributed by atoms with Gasteiger partial charge in [0.15, 0.2) is 0 Å². The Kier molecular flexibility index (Phi) is 3.86. The largest absolute Gasteiger partial charge is 0.322 e. The monoisotopic (exact) mass is 365 g/mol.